The molecule has 0 saturated carbocycles. The van der Waals surface area contributed by atoms with Gasteiger partial charge in [0.15, 0.2) is 0 Å². The van der Waals surface area contributed by atoms with Crippen molar-refractivity contribution in [1.29, 1.82) is 0 Å². The zero-order valence-electron chi connectivity index (χ0n) is 10.2. The molecule has 90 valence electrons. The van der Waals surface area contributed by atoms with Crippen LogP contribution in [0.4, 0.5) is 0 Å². The Morgan fingerprint density at radius 2 is 2.31 bits per heavy atom. The van der Waals surface area contributed by atoms with Gasteiger partial charge in [-0.3, -0.25) is 0 Å². The third kappa shape index (κ3) is 2.60. The third-order valence-electron chi connectivity index (χ3n) is 2.96. The van der Waals surface area contributed by atoms with Crippen LogP contribution in [0, 0.1) is 5.41 Å². The highest BCUT2D eigenvalue weighted by atomic mass is 32.2. The summed E-state index contributed by atoms with van der Waals surface area (Å²) in [6.07, 6.45) is 2.17. The summed E-state index contributed by atoms with van der Waals surface area (Å²) in [5, 5.41) is 1.25. The molecule has 1 unspecified atom stereocenters. The number of nitrogens with two attached hydrogens (primary N) is 1. The van der Waals surface area contributed by atoms with Gasteiger partial charge in [-0.2, -0.15) is 11.8 Å². The van der Waals surface area contributed by atoms with Gasteiger partial charge in [-0.1, -0.05) is 20.8 Å². The van der Waals surface area contributed by atoms with Crippen molar-refractivity contribution in [2.45, 2.75) is 45.4 Å². The quantitative estimate of drug-likeness (QED) is 0.901. The Bertz CT molecular complexity index is 371. The van der Waals surface area contributed by atoms with Gasteiger partial charge in [-0.25, -0.2) is 4.98 Å². The highest BCUT2D eigenvalue weighted by Gasteiger charge is 2.32. The van der Waals surface area contributed by atoms with Gasteiger partial charge in [0.25, 0.3) is 0 Å². The molecule has 2 nitrogen and oxygen atoms in total. The number of hydrogen-bond acceptors (Lipinski definition) is 4. The topological polar surface area (TPSA) is 38.9 Å². The predicted molar refractivity (Wildman–Crippen MR) is 73.0 cm³/mol. The minimum atomic E-state index is 0.205. The SMILES string of the molecule is CCSCc1nc2c(s1)C(N)CC(C)(C)C2. The summed E-state index contributed by atoms with van der Waals surface area (Å²) in [5.41, 5.74) is 7.81. The molecule has 1 atom stereocenters. The molecule has 16 heavy (non-hydrogen) atoms. The molecule has 1 aromatic heterocycles. The van der Waals surface area contributed by atoms with Crippen molar-refractivity contribution in [2.75, 3.05) is 5.75 Å². The normalized spacial score (nSPS) is 23.1. The first-order chi connectivity index (χ1) is 7.52. The number of fused-ring (bicyclic) bond motifs is 1. The minimum absolute atomic E-state index is 0.205. The molecule has 1 heterocycles. The molecule has 1 aromatic rings. The van der Waals surface area contributed by atoms with E-state index in [0.717, 1.165) is 24.3 Å². The number of rotatable bonds is 3. The highest BCUT2D eigenvalue weighted by Crippen LogP contribution is 2.42. The van der Waals surface area contributed by atoms with Crippen LogP contribution in [0.3, 0.4) is 0 Å². The lowest BCUT2D eigenvalue weighted by atomic mass is 9.77. The van der Waals surface area contributed by atoms with E-state index in [4.69, 9.17) is 10.7 Å². The van der Waals surface area contributed by atoms with Crippen molar-refractivity contribution >= 4 is 23.1 Å². The predicted octanol–water partition coefficient (Wildman–Crippen LogP) is 3.37. The highest BCUT2D eigenvalue weighted by molar-refractivity contribution is 7.98. The van der Waals surface area contributed by atoms with Crippen molar-refractivity contribution in [3.05, 3.63) is 15.6 Å². The Kier molecular flexibility index (Phi) is 3.62. The van der Waals surface area contributed by atoms with Crippen molar-refractivity contribution < 1.29 is 0 Å². The summed E-state index contributed by atoms with van der Waals surface area (Å²) in [7, 11) is 0. The fourth-order valence-electron chi connectivity index (χ4n) is 2.30. The van der Waals surface area contributed by atoms with Crippen LogP contribution in [-0.2, 0) is 12.2 Å². The number of nitrogens with zero attached hydrogens (tertiary/aromatic N) is 1. The maximum atomic E-state index is 6.23. The van der Waals surface area contributed by atoms with Crippen LogP contribution in [0.5, 0.6) is 0 Å². The maximum Gasteiger partial charge on any atom is 0.103 e. The summed E-state index contributed by atoms with van der Waals surface area (Å²) in [5.74, 6) is 2.20. The zero-order valence-corrected chi connectivity index (χ0v) is 11.9. The molecular formula is C12H20N2S2. The van der Waals surface area contributed by atoms with E-state index < -0.39 is 0 Å². The largest absolute Gasteiger partial charge is 0.323 e. The van der Waals surface area contributed by atoms with Crippen LogP contribution in [-0.4, -0.2) is 10.7 Å². The van der Waals surface area contributed by atoms with Gasteiger partial charge in [-0.15, -0.1) is 11.3 Å². The maximum absolute atomic E-state index is 6.23. The van der Waals surface area contributed by atoms with E-state index >= 15 is 0 Å². The van der Waals surface area contributed by atoms with Crippen LogP contribution in [0.2, 0.25) is 0 Å². The molecule has 1 aliphatic rings. The summed E-state index contributed by atoms with van der Waals surface area (Å²) >= 11 is 3.76. The number of thioether (sulfide) groups is 1. The number of aromatic nitrogens is 1. The van der Waals surface area contributed by atoms with E-state index in [-0.39, 0.29) is 6.04 Å². The second-order valence-corrected chi connectivity index (χ2v) is 7.60. The average molecular weight is 256 g/mol. The molecule has 0 bridgehead atoms. The molecular weight excluding hydrogens is 236 g/mol. The Morgan fingerprint density at radius 3 is 3.00 bits per heavy atom. The average Bonchev–Trinajstić information content (AvgIpc) is 2.56. The third-order valence-corrected chi connectivity index (χ3v) is 5.25. The number of thiazole rings is 1. The van der Waals surface area contributed by atoms with Crippen LogP contribution < -0.4 is 5.73 Å². The Morgan fingerprint density at radius 1 is 1.56 bits per heavy atom. The molecule has 0 radical (unpaired) electrons. The Balaban J connectivity index is 2.20. The molecule has 0 amide bonds. The van der Waals surface area contributed by atoms with Gasteiger partial charge in [0, 0.05) is 16.7 Å². The standard InChI is InChI=1S/C12H20N2S2/c1-4-15-7-10-14-9-6-12(2,3)5-8(13)11(9)16-10/h8H,4-7,13H2,1-3H3. The van der Waals surface area contributed by atoms with E-state index in [9.17, 15) is 0 Å². The van der Waals surface area contributed by atoms with Gasteiger partial charge in [-0.05, 0) is 24.0 Å². The van der Waals surface area contributed by atoms with Crippen LogP contribution in [0.15, 0.2) is 0 Å². The summed E-state index contributed by atoms with van der Waals surface area (Å²) in [6.45, 7) is 6.76. The first kappa shape index (κ1) is 12.4. The molecule has 4 heteroatoms. The molecule has 0 spiro atoms. The van der Waals surface area contributed by atoms with Gasteiger partial charge in [0.2, 0.25) is 0 Å². The molecule has 0 aliphatic heterocycles. The second kappa shape index (κ2) is 4.67. The van der Waals surface area contributed by atoms with Gasteiger partial charge in [0.05, 0.1) is 5.69 Å². The molecule has 2 N–H and O–H groups in total. The monoisotopic (exact) mass is 256 g/mol. The number of hydrogen-bond donors (Lipinski definition) is 1. The van der Waals surface area contributed by atoms with Crippen molar-refractivity contribution in [1.82, 2.24) is 4.98 Å². The second-order valence-electron chi connectivity index (χ2n) is 5.21. The van der Waals surface area contributed by atoms with Crippen molar-refractivity contribution in [2.24, 2.45) is 11.1 Å². The van der Waals surface area contributed by atoms with E-state index in [2.05, 4.69) is 20.8 Å². The fourth-order valence-corrected chi connectivity index (χ4v) is 4.10. The van der Waals surface area contributed by atoms with Crippen molar-refractivity contribution in [3.8, 4) is 0 Å². The summed E-state index contributed by atoms with van der Waals surface area (Å²) in [4.78, 5) is 6.09. The smallest absolute Gasteiger partial charge is 0.103 e. The van der Waals surface area contributed by atoms with Crippen LogP contribution >= 0.6 is 23.1 Å². The van der Waals surface area contributed by atoms with Gasteiger partial charge < -0.3 is 5.73 Å². The summed E-state index contributed by atoms with van der Waals surface area (Å²) < 4.78 is 0. The minimum Gasteiger partial charge on any atom is -0.323 e. The van der Waals surface area contributed by atoms with E-state index in [1.54, 1.807) is 0 Å². The Labute approximate surface area is 106 Å². The van der Waals surface area contributed by atoms with Crippen LogP contribution in [0.25, 0.3) is 0 Å². The molecule has 0 saturated heterocycles. The summed E-state index contributed by atoms with van der Waals surface area (Å²) in [6, 6.07) is 0.205. The lowest BCUT2D eigenvalue weighted by Crippen LogP contribution is -2.28. The molecule has 0 aromatic carbocycles. The van der Waals surface area contributed by atoms with E-state index in [1.807, 2.05) is 23.1 Å². The molecule has 2 rings (SSSR count). The Hall–Kier alpha value is -0.0600. The zero-order chi connectivity index (χ0) is 11.8. The molecule has 1 aliphatic carbocycles. The van der Waals surface area contributed by atoms with E-state index in [0.29, 0.717) is 5.41 Å². The van der Waals surface area contributed by atoms with Crippen LogP contribution in [0.1, 0.15) is 48.8 Å². The lowest BCUT2D eigenvalue weighted by molar-refractivity contribution is 0.282. The van der Waals surface area contributed by atoms with Gasteiger partial charge >= 0.3 is 0 Å². The lowest BCUT2D eigenvalue weighted by Gasteiger charge is -2.32. The first-order valence-corrected chi connectivity index (χ1v) is 7.81. The van der Waals surface area contributed by atoms with E-state index in [1.165, 1.54) is 15.6 Å². The van der Waals surface area contributed by atoms with Crippen molar-refractivity contribution in [3.63, 3.8) is 0 Å². The molecule has 0 fully saturated rings. The first-order valence-electron chi connectivity index (χ1n) is 5.83. The van der Waals surface area contributed by atoms with Gasteiger partial charge in [0.1, 0.15) is 5.01 Å². The fraction of sp³-hybridized carbons (Fsp3) is 0.750.